The van der Waals surface area contributed by atoms with Crippen LogP contribution in [0.3, 0.4) is 0 Å². The van der Waals surface area contributed by atoms with Crippen molar-refractivity contribution in [2.75, 3.05) is 10.6 Å². The predicted molar refractivity (Wildman–Crippen MR) is 155 cm³/mol. The maximum atomic E-state index is 14.0. The first kappa shape index (κ1) is 27.3. The molecule has 0 fully saturated rings. The van der Waals surface area contributed by atoms with E-state index in [4.69, 9.17) is 0 Å². The van der Waals surface area contributed by atoms with Gasteiger partial charge in [0.25, 0.3) is 0 Å². The van der Waals surface area contributed by atoms with Gasteiger partial charge in [-0.05, 0) is 60.5 Å². The molecule has 1 amide bonds. The summed E-state index contributed by atoms with van der Waals surface area (Å²) in [7, 11) is 0. The Bertz CT molecular complexity index is 1790. The number of fused-ring (bicyclic) bond motifs is 1. The van der Waals surface area contributed by atoms with Gasteiger partial charge < -0.3 is 20.7 Å². The normalized spacial score (nSPS) is 11.7. The van der Waals surface area contributed by atoms with Gasteiger partial charge in [0.15, 0.2) is 0 Å². The molecule has 206 valence electrons. The molecule has 0 radical (unpaired) electrons. The van der Waals surface area contributed by atoms with Crippen LogP contribution in [0.15, 0.2) is 84.9 Å². The number of rotatable bonds is 8. The molecular formula is C32H26F2N4O3. The first-order chi connectivity index (χ1) is 19.7. The molecule has 0 aliphatic carbocycles. The highest BCUT2D eigenvalue weighted by Gasteiger charge is 2.25. The number of Topliss-reactive ketones (excluding diaryl/α,β-unsaturated/α-hetero) is 1. The van der Waals surface area contributed by atoms with Crippen LogP contribution in [0.1, 0.15) is 39.8 Å². The number of carbonyl (C=O) groups excluding carboxylic acids is 2. The molecule has 0 aliphatic heterocycles. The number of H-pyrrole nitrogens is 1. The monoisotopic (exact) mass is 552 g/mol. The van der Waals surface area contributed by atoms with Crippen molar-refractivity contribution in [2.45, 2.75) is 20.4 Å². The Morgan fingerprint density at radius 2 is 1.59 bits per heavy atom. The standard InChI is InChI=1S/C32H26F2N4O3/c1-18-5-3-4-6-26(18)31(41)29(30(40)21-13-22(33)15-23(34)14-21)32-37-27-12-11-25(16-28(27)38-32)35-17-20-7-9-24(10-8-20)36-19(2)39/h3-16,35,40H,17H2,1-2H3,(H,36,39)(H,37,38)/b30-29+. The zero-order valence-corrected chi connectivity index (χ0v) is 22.3. The van der Waals surface area contributed by atoms with Crippen LogP contribution in [0, 0.1) is 18.6 Å². The van der Waals surface area contributed by atoms with Crippen molar-refractivity contribution in [1.82, 2.24) is 9.97 Å². The molecule has 0 unspecified atom stereocenters. The molecule has 0 atom stereocenters. The number of anilines is 2. The van der Waals surface area contributed by atoms with Crippen LogP contribution >= 0.6 is 0 Å². The lowest BCUT2D eigenvalue weighted by Crippen LogP contribution is -2.09. The third-order valence-electron chi connectivity index (χ3n) is 6.48. The highest BCUT2D eigenvalue weighted by atomic mass is 19.1. The van der Waals surface area contributed by atoms with E-state index < -0.39 is 23.2 Å². The predicted octanol–water partition coefficient (Wildman–Crippen LogP) is 7.03. The minimum Gasteiger partial charge on any atom is -0.506 e. The van der Waals surface area contributed by atoms with Crippen LogP contribution in [0.4, 0.5) is 20.2 Å². The molecule has 0 spiro atoms. The smallest absolute Gasteiger partial charge is 0.221 e. The van der Waals surface area contributed by atoms with Crippen LogP contribution in [-0.4, -0.2) is 26.8 Å². The number of aliphatic hydroxyl groups excluding tert-OH is 1. The van der Waals surface area contributed by atoms with Crippen LogP contribution in [0.25, 0.3) is 22.4 Å². The Labute approximate surface area is 234 Å². The second-order valence-electron chi connectivity index (χ2n) is 9.57. The summed E-state index contributed by atoms with van der Waals surface area (Å²) < 4.78 is 28.0. The van der Waals surface area contributed by atoms with Crippen molar-refractivity contribution in [3.05, 3.63) is 125 Å². The number of ketones is 1. The van der Waals surface area contributed by atoms with Gasteiger partial charge in [-0.3, -0.25) is 9.59 Å². The van der Waals surface area contributed by atoms with Crippen molar-refractivity contribution in [1.29, 1.82) is 0 Å². The molecule has 41 heavy (non-hydrogen) atoms. The summed E-state index contributed by atoms with van der Waals surface area (Å²) in [5.41, 5.74) is 4.16. The maximum Gasteiger partial charge on any atom is 0.221 e. The third kappa shape index (κ3) is 6.14. The minimum atomic E-state index is -0.890. The lowest BCUT2D eigenvalue weighted by Gasteiger charge is -2.11. The van der Waals surface area contributed by atoms with Crippen LogP contribution in [-0.2, 0) is 11.3 Å². The number of amides is 1. The van der Waals surface area contributed by atoms with E-state index in [2.05, 4.69) is 20.6 Å². The van der Waals surface area contributed by atoms with E-state index in [0.717, 1.165) is 23.4 Å². The highest BCUT2D eigenvalue weighted by molar-refractivity contribution is 6.33. The Morgan fingerprint density at radius 3 is 2.27 bits per heavy atom. The van der Waals surface area contributed by atoms with Crippen LogP contribution in [0.2, 0.25) is 0 Å². The molecule has 4 N–H and O–H groups in total. The molecule has 5 rings (SSSR count). The van der Waals surface area contributed by atoms with E-state index >= 15 is 0 Å². The number of allylic oxidation sites excluding steroid dienone is 1. The molecule has 0 saturated carbocycles. The van der Waals surface area contributed by atoms with Crippen molar-refractivity contribution in [3.63, 3.8) is 0 Å². The Hall–Kier alpha value is -5.31. The molecule has 1 aromatic heterocycles. The van der Waals surface area contributed by atoms with Gasteiger partial charge in [0.2, 0.25) is 11.7 Å². The number of nitrogens with one attached hydrogen (secondary N) is 3. The molecule has 5 aromatic rings. The van der Waals surface area contributed by atoms with Gasteiger partial charge in [-0.15, -0.1) is 0 Å². The zero-order chi connectivity index (χ0) is 29.1. The van der Waals surface area contributed by atoms with Gasteiger partial charge in [-0.1, -0.05) is 36.4 Å². The van der Waals surface area contributed by atoms with E-state index in [1.54, 1.807) is 37.3 Å². The largest absolute Gasteiger partial charge is 0.506 e. The number of benzene rings is 4. The average Bonchev–Trinajstić information content (AvgIpc) is 3.35. The molecule has 9 heteroatoms. The highest BCUT2D eigenvalue weighted by Crippen LogP contribution is 2.30. The molecule has 4 aromatic carbocycles. The summed E-state index contributed by atoms with van der Waals surface area (Å²) >= 11 is 0. The first-order valence-corrected chi connectivity index (χ1v) is 12.8. The van der Waals surface area contributed by atoms with Gasteiger partial charge in [0, 0.05) is 42.0 Å². The summed E-state index contributed by atoms with van der Waals surface area (Å²) in [6, 6.07) is 22.3. The quantitative estimate of drug-likeness (QED) is 0.0939. The fourth-order valence-electron chi connectivity index (χ4n) is 4.48. The molecule has 0 aliphatic rings. The number of aliphatic hydroxyl groups is 1. The number of hydrogen-bond donors (Lipinski definition) is 4. The van der Waals surface area contributed by atoms with Crippen molar-refractivity contribution >= 4 is 45.4 Å². The van der Waals surface area contributed by atoms with Gasteiger partial charge in [-0.25, -0.2) is 13.8 Å². The summed E-state index contributed by atoms with van der Waals surface area (Å²) in [4.78, 5) is 32.6. The van der Waals surface area contributed by atoms with E-state index in [-0.39, 0.29) is 22.9 Å². The molecule has 0 saturated heterocycles. The van der Waals surface area contributed by atoms with Gasteiger partial charge in [0.05, 0.1) is 11.0 Å². The SMILES string of the molecule is CC(=O)Nc1ccc(CNc2ccc3nc(/C(C(=O)c4ccccc4C)=C(/O)c4cc(F)cc(F)c4)[nH]c3c2)cc1. The van der Waals surface area contributed by atoms with Crippen LogP contribution < -0.4 is 10.6 Å². The molecule has 1 heterocycles. The Kier molecular flexibility index (Phi) is 7.60. The van der Waals surface area contributed by atoms with Crippen molar-refractivity contribution < 1.29 is 23.5 Å². The number of nitrogens with zero attached hydrogens (tertiary/aromatic N) is 1. The summed E-state index contributed by atoms with van der Waals surface area (Å²) in [5.74, 6) is -3.01. The maximum absolute atomic E-state index is 14.0. The number of aromatic nitrogens is 2. The van der Waals surface area contributed by atoms with E-state index in [0.29, 0.717) is 40.5 Å². The fraction of sp³-hybridized carbons (Fsp3) is 0.0938. The average molecular weight is 553 g/mol. The number of aryl methyl sites for hydroxylation is 1. The van der Waals surface area contributed by atoms with Crippen LogP contribution in [0.5, 0.6) is 0 Å². The Morgan fingerprint density at radius 1 is 0.902 bits per heavy atom. The summed E-state index contributed by atoms with van der Waals surface area (Å²) in [6.07, 6.45) is 0. The Balaban J connectivity index is 1.49. The zero-order valence-electron chi connectivity index (χ0n) is 22.3. The lowest BCUT2D eigenvalue weighted by molar-refractivity contribution is -0.114. The molecular weight excluding hydrogens is 526 g/mol. The van der Waals surface area contributed by atoms with E-state index in [9.17, 15) is 23.5 Å². The molecule has 7 nitrogen and oxygen atoms in total. The second-order valence-corrected chi connectivity index (χ2v) is 9.57. The summed E-state index contributed by atoms with van der Waals surface area (Å²) in [6.45, 7) is 3.72. The number of halogens is 2. The van der Waals surface area contributed by atoms with E-state index in [1.165, 1.54) is 6.92 Å². The number of hydrogen-bond acceptors (Lipinski definition) is 5. The van der Waals surface area contributed by atoms with Crippen molar-refractivity contribution in [2.24, 2.45) is 0 Å². The first-order valence-electron chi connectivity index (χ1n) is 12.8. The third-order valence-corrected chi connectivity index (χ3v) is 6.48. The number of imidazole rings is 1. The van der Waals surface area contributed by atoms with Gasteiger partial charge in [-0.2, -0.15) is 0 Å². The van der Waals surface area contributed by atoms with Crippen molar-refractivity contribution in [3.8, 4) is 0 Å². The second kappa shape index (κ2) is 11.4. The fourth-order valence-corrected chi connectivity index (χ4v) is 4.48. The number of carbonyl (C=O) groups is 2. The lowest BCUT2D eigenvalue weighted by atomic mass is 9.96. The summed E-state index contributed by atoms with van der Waals surface area (Å²) in [5, 5.41) is 17.2. The van der Waals surface area contributed by atoms with Gasteiger partial charge >= 0.3 is 0 Å². The molecule has 0 bridgehead atoms. The van der Waals surface area contributed by atoms with Gasteiger partial charge in [0.1, 0.15) is 28.8 Å². The minimum absolute atomic E-state index is 0.0566. The topological polar surface area (TPSA) is 107 Å². The number of aromatic amines is 1. The van der Waals surface area contributed by atoms with E-state index in [1.807, 2.05) is 36.4 Å².